The Morgan fingerprint density at radius 3 is 2.70 bits per heavy atom. The summed E-state index contributed by atoms with van der Waals surface area (Å²) >= 11 is 8.95. The Morgan fingerprint density at radius 2 is 1.97 bits per heavy atom. The summed E-state index contributed by atoms with van der Waals surface area (Å²) < 4.78 is 6.21. The molecule has 3 heterocycles. The summed E-state index contributed by atoms with van der Waals surface area (Å²) in [5.41, 5.74) is 1.88. The van der Waals surface area contributed by atoms with Crippen LogP contribution in [0.2, 0.25) is 5.02 Å². The number of rotatable bonds is 4. The van der Waals surface area contributed by atoms with Gasteiger partial charge in [-0.3, -0.25) is 14.5 Å². The first-order chi connectivity index (χ1) is 15.9. The number of aryl methyl sites for hydroxylation is 1. The molecule has 4 aromatic rings. The Morgan fingerprint density at radius 1 is 1.18 bits per heavy atom. The van der Waals surface area contributed by atoms with Gasteiger partial charge in [0.1, 0.15) is 17.6 Å². The molecule has 0 spiro atoms. The summed E-state index contributed by atoms with van der Waals surface area (Å²) in [7, 11) is 1.48. The molecule has 0 bridgehead atoms. The summed E-state index contributed by atoms with van der Waals surface area (Å²) in [6, 6.07) is 13.3. The highest BCUT2D eigenvalue weighted by molar-refractivity contribution is 7.22. The number of aromatic nitrogens is 1. The lowest BCUT2D eigenvalue weighted by Crippen LogP contribution is -2.28. The van der Waals surface area contributed by atoms with Crippen LogP contribution in [0.15, 0.2) is 59.5 Å². The molecule has 166 valence electrons. The molecule has 1 amide bonds. The monoisotopic (exact) mass is 496 g/mol. The molecule has 0 radical (unpaired) electrons. The van der Waals surface area contributed by atoms with E-state index in [2.05, 4.69) is 4.98 Å². The van der Waals surface area contributed by atoms with Gasteiger partial charge >= 0.3 is 5.91 Å². The number of amides is 1. The molecule has 33 heavy (non-hydrogen) atoms. The predicted molar refractivity (Wildman–Crippen MR) is 131 cm³/mol. The summed E-state index contributed by atoms with van der Waals surface area (Å²) in [4.78, 5) is 33.2. The lowest BCUT2D eigenvalue weighted by Gasteiger charge is -2.21. The molecule has 1 aliphatic heterocycles. The largest absolute Gasteiger partial charge is 0.507 e. The van der Waals surface area contributed by atoms with E-state index in [0.29, 0.717) is 27.0 Å². The van der Waals surface area contributed by atoms with Crippen LogP contribution < -0.4 is 9.64 Å². The second-order valence-electron chi connectivity index (χ2n) is 7.45. The molecule has 2 aromatic carbocycles. The summed E-state index contributed by atoms with van der Waals surface area (Å²) in [6.45, 7) is 1.90. The normalized spacial score (nSPS) is 17.8. The minimum absolute atomic E-state index is 0.000388. The van der Waals surface area contributed by atoms with Crippen molar-refractivity contribution < 1.29 is 19.4 Å². The van der Waals surface area contributed by atoms with Crippen molar-refractivity contribution in [3.63, 3.8) is 0 Å². The number of anilines is 1. The number of ether oxygens (including phenoxy) is 1. The zero-order valence-electron chi connectivity index (χ0n) is 17.5. The van der Waals surface area contributed by atoms with Gasteiger partial charge in [-0.25, -0.2) is 4.98 Å². The van der Waals surface area contributed by atoms with Gasteiger partial charge in [0.05, 0.1) is 28.5 Å². The van der Waals surface area contributed by atoms with Gasteiger partial charge in [0.25, 0.3) is 5.78 Å². The van der Waals surface area contributed by atoms with Gasteiger partial charge in [-0.1, -0.05) is 41.1 Å². The van der Waals surface area contributed by atoms with Crippen LogP contribution in [0, 0.1) is 6.92 Å². The van der Waals surface area contributed by atoms with Crippen LogP contribution in [0.5, 0.6) is 5.75 Å². The molecule has 1 N–H and O–H groups in total. The fourth-order valence-corrected chi connectivity index (χ4v) is 5.93. The van der Waals surface area contributed by atoms with Crippen LogP contribution in [-0.2, 0) is 9.59 Å². The first-order valence-corrected chi connectivity index (χ1v) is 12.0. The number of aliphatic hydroxyl groups is 1. The van der Waals surface area contributed by atoms with Gasteiger partial charge in [-0.05, 0) is 48.2 Å². The highest BCUT2D eigenvalue weighted by Gasteiger charge is 2.48. The number of carbonyl (C=O) groups is 2. The lowest BCUT2D eigenvalue weighted by atomic mass is 9.99. The molecule has 1 unspecified atom stereocenters. The number of ketones is 1. The smallest absolute Gasteiger partial charge is 0.301 e. The Hall–Kier alpha value is -3.20. The lowest BCUT2D eigenvalue weighted by molar-refractivity contribution is -0.132. The van der Waals surface area contributed by atoms with Crippen LogP contribution in [-0.4, -0.2) is 28.9 Å². The quantitative estimate of drug-likeness (QED) is 0.214. The number of carbonyl (C=O) groups excluding carboxylic acids is 2. The number of hydrogen-bond acceptors (Lipinski definition) is 7. The molecule has 9 heteroatoms. The van der Waals surface area contributed by atoms with Crippen LogP contribution in [0.4, 0.5) is 5.13 Å². The van der Waals surface area contributed by atoms with E-state index in [1.807, 2.05) is 30.5 Å². The number of halogens is 1. The molecular formula is C24H17ClN2O4S2. The van der Waals surface area contributed by atoms with E-state index in [9.17, 15) is 14.7 Å². The van der Waals surface area contributed by atoms with E-state index in [1.54, 1.807) is 30.3 Å². The van der Waals surface area contributed by atoms with Crippen molar-refractivity contribution in [2.45, 2.75) is 13.0 Å². The molecule has 1 fully saturated rings. The van der Waals surface area contributed by atoms with Gasteiger partial charge < -0.3 is 9.84 Å². The van der Waals surface area contributed by atoms with Crippen LogP contribution in [0.1, 0.15) is 22.0 Å². The maximum Gasteiger partial charge on any atom is 0.301 e. The summed E-state index contributed by atoms with van der Waals surface area (Å²) in [6.07, 6.45) is 0. The van der Waals surface area contributed by atoms with Crippen molar-refractivity contribution in [2.75, 3.05) is 12.0 Å². The van der Waals surface area contributed by atoms with E-state index >= 15 is 0 Å². The second kappa shape index (κ2) is 8.30. The van der Waals surface area contributed by atoms with Crippen molar-refractivity contribution in [3.8, 4) is 5.75 Å². The van der Waals surface area contributed by atoms with Crippen molar-refractivity contribution in [3.05, 3.63) is 80.5 Å². The highest BCUT2D eigenvalue weighted by Crippen LogP contribution is 2.46. The number of nitrogens with zero attached hydrogens (tertiary/aromatic N) is 2. The van der Waals surface area contributed by atoms with Gasteiger partial charge in [-0.15, -0.1) is 11.3 Å². The van der Waals surface area contributed by atoms with Gasteiger partial charge in [0.15, 0.2) is 5.13 Å². The van der Waals surface area contributed by atoms with Crippen molar-refractivity contribution >= 4 is 67.1 Å². The Labute approximate surface area is 202 Å². The van der Waals surface area contributed by atoms with E-state index in [4.69, 9.17) is 16.3 Å². The van der Waals surface area contributed by atoms with Gasteiger partial charge in [-0.2, -0.15) is 0 Å². The predicted octanol–water partition coefficient (Wildman–Crippen LogP) is 5.95. The molecular weight excluding hydrogens is 480 g/mol. The molecule has 1 atom stereocenters. The molecule has 5 rings (SSSR count). The van der Waals surface area contributed by atoms with E-state index < -0.39 is 17.7 Å². The molecule has 0 saturated carbocycles. The number of para-hydroxylation sites is 1. The number of Topliss-reactive ketones (excluding diaryl/α,β-unsaturated/α-hetero) is 1. The average molecular weight is 497 g/mol. The number of thiophene rings is 1. The Bertz CT molecular complexity index is 1400. The van der Waals surface area contributed by atoms with Gasteiger partial charge in [0, 0.05) is 9.90 Å². The fraction of sp³-hybridized carbons (Fsp3) is 0.125. The standard InChI is InChI=1S/C24H17ClN2O4S2/c1-12-10-18-15(11-14(12)25)26-24(33-18)27-20(17-8-5-9-32-17)19(22(29)23(27)30)21(28)13-6-3-4-7-16(13)31-2/h3-11,20,28H,1-2H3/b21-19+. The van der Waals surface area contributed by atoms with Crippen molar-refractivity contribution in [2.24, 2.45) is 0 Å². The molecule has 6 nitrogen and oxygen atoms in total. The summed E-state index contributed by atoms with van der Waals surface area (Å²) in [5.74, 6) is -1.40. The number of methoxy groups -OCH3 is 1. The molecule has 1 aliphatic rings. The number of hydrogen-bond donors (Lipinski definition) is 1. The maximum atomic E-state index is 13.3. The first-order valence-electron chi connectivity index (χ1n) is 9.95. The maximum absolute atomic E-state index is 13.3. The Balaban J connectivity index is 1.73. The van der Waals surface area contributed by atoms with E-state index in [0.717, 1.165) is 15.1 Å². The van der Waals surface area contributed by atoms with Crippen LogP contribution in [0.25, 0.3) is 16.0 Å². The fourth-order valence-electron chi connectivity index (χ4n) is 3.87. The third-order valence-electron chi connectivity index (χ3n) is 5.48. The SMILES string of the molecule is COc1ccccc1/C(O)=C1\C(=O)C(=O)N(c2nc3cc(Cl)c(C)cc3s2)C1c1cccs1. The third-order valence-corrected chi connectivity index (χ3v) is 7.83. The minimum atomic E-state index is -0.813. The highest BCUT2D eigenvalue weighted by atomic mass is 35.5. The molecule has 1 saturated heterocycles. The number of fused-ring (bicyclic) bond motifs is 1. The van der Waals surface area contributed by atoms with Crippen molar-refractivity contribution in [1.82, 2.24) is 4.98 Å². The molecule has 0 aliphatic carbocycles. The number of aliphatic hydroxyl groups excluding tert-OH is 1. The summed E-state index contributed by atoms with van der Waals surface area (Å²) in [5, 5.41) is 14.0. The van der Waals surface area contributed by atoms with Crippen molar-refractivity contribution in [1.29, 1.82) is 0 Å². The van der Waals surface area contributed by atoms with Gasteiger partial charge in [0.2, 0.25) is 0 Å². The van der Waals surface area contributed by atoms with E-state index in [-0.39, 0.29) is 11.3 Å². The van der Waals surface area contributed by atoms with E-state index in [1.165, 1.54) is 34.7 Å². The second-order valence-corrected chi connectivity index (χ2v) is 9.85. The topological polar surface area (TPSA) is 79.7 Å². The zero-order valence-corrected chi connectivity index (χ0v) is 19.9. The zero-order chi connectivity index (χ0) is 23.3. The van der Waals surface area contributed by atoms with Crippen LogP contribution in [0.3, 0.4) is 0 Å². The first kappa shape index (κ1) is 21.6. The number of thiazole rings is 1. The number of benzene rings is 2. The minimum Gasteiger partial charge on any atom is -0.507 e. The van der Waals surface area contributed by atoms with Crippen LogP contribution >= 0.6 is 34.3 Å². The average Bonchev–Trinajstić information content (AvgIpc) is 3.53. The Kier molecular flexibility index (Phi) is 5.44. The third kappa shape index (κ3) is 3.51. The molecule has 2 aromatic heterocycles.